The Balaban J connectivity index is 1.83. The second-order valence-electron chi connectivity index (χ2n) is 5.76. The van der Waals surface area contributed by atoms with Crippen molar-refractivity contribution in [3.63, 3.8) is 0 Å². The highest BCUT2D eigenvalue weighted by Gasteiger charge is 2.56. The van der Waals surface area contributed by atoms with Crippen LogP contribution in [-0.2, 0) is 14.3 Å². The zero-order chi connectivity index (χ0) is 11.3. The second kappa shape index (κ2) is 3.31. The standard InChI is InChI=1S/C13H18O3/c1-2-11(14)16-13-5-8-3-9(6-13)12(15)10(4-8)7-13/h8-10H,2-7H2,1H3. The van der Waals surface area contributed by atoms with Gasteiger partial charge in [0.25, 0.3) is 0 Å². The van der Waals surface area contributed by atoms with Gasteiger partial charge in [-0.15, -0.1) is 0 Å². The maximum absolute atomic E-state index is 11.9. The molecule has 4 bridgehead atoms. The van der Waals surface area contributed by atoms with Crippen LogP contribution in [0.5, 0.6) is 0 Å². The highest BCUT2D eigenvalue weighted by molar-refractivity contribution is 5.86. The molecule has 4 aliphatic rings. The van der Waals surface area contributed by atoms with Gasteiger partial charge in [0, 0.05) is 18.3 Å². The number of carbonyl (C=O) groups excluding carboxylic acids is 2. The van der Waals surface area contributed by atoms with Crippen LogP contribution in [0, 0.1) is 17.8 Å². The van der Waals surface area contributed by atoms with Crippen molar-refractivity contribution < 1.29 is 14.3 Å². The molecule has 2 atom stereocenters. The summed E-state index contributed by atoms with van der Waals surface area (Å²) in [6, 6.07) is 0. The van der Waals surface area contributed by atoms with Gasteiger partial charge in [-0.2, -0.15) is 0 Å². The molecule has 0 N–H and O–H groups in total. The van der Waals surface area contributed by atoms with Gasteiger partial charge in [0.05, 0.1) is 0 Å². The van der Waals surface area contributed by atoms with E-state index in [0.717, 1.165) is 32.1 Å². The molecule has 0 saturated heterocycles. The van der Waals surface area contributed by atoms with Crippen LogP contribution in [0.15, 0.2) is 0 Å². The van der Waals surface area contributed by atoms with Crippen molar-refractivity contribution in [1.82, 2.24) is 0 Å². The van der Waals surface area contributed by atoms with Crippen molar-refractivity contribution in [2.24, 2.45) is 17.8 Å². The molecule has 88 valence electrons. The number of carbonyl (C=O) groups is 2. The quantitative estimate of drug-likeness (QED) is 0.672. The SMILES string of the molecule is CCC(=O)OC12CC3CC(C1)C(=O)C(C3)C2. The van der Waals surface area contributed by atoms with E-state index in [9.17, 15) is 9.59 Å². The Hall–Kier alpha value is -0.860. The first kappa shape index (κ1) is 10.3. The average Bonchev–Trinajstić information content (AvgIpc) is 2.24. The number of Topliss-reactive ketones (excluding diaryl/α,β-unsaturated/α-hetero) is 1. The van der Waals surface area contributed by atoms with E-state index in [1.165, 1.54) is 0 Å². The molecule has 3 nitrogen and oxygen atoms in total. The molecule has 4 fully saturated rings. The van der Waals surface area contributed by atoms with Crippen molar-refractivity contribution in [1.29, 1.82) is 0 Å². The maximum atomic E-state index is 11.9. The van der Waals surface area contributed by atoms with Crippen LogP contribution in [0.25, 0.3) is 0 Å². The Morgan fingerprint density at radius 2 is 1.94 bits per heavy atom. The summed E-state index contributed by atoms with van der Waals surface area (Å²) in [6.07, 6.45) is 5.12. The van der Waals surface area contributed by atoms with Gasteiger partial charge in [-0.1, -0.05) is 6.92 Å². The predicted octanol–water partition coefficient (Wildman–Crippen LogP) is 2.09. The van der Waals surface area contributed by atoms with Crippen LogP contribution < -0.4 is 0 Å². The van der Waals surface area contributed by atoms with Crippen molar-refractivity contribution in [2.45, 2.75) is 51.0 Å². The van der Waals surface area contributed by atoms with E-state index in [1.54, 1.807) is 0 Å². The van der Waals surface area contributed by atoms with Gasteiger partial charge in [-0.3, -0.25) is 9.59 Å². The third-order valence-electron chi connectivity index (χ3n) is 4.56. The minimum atomic E-state index is -0.266. The topological polar surface area (TPSA) is 43.4 Å². The molecular formula is C13H18O3. The summed E-state index contributed by atoms with van der Waals surface area (Å²) in [6.45, 7) is 1.83. The lowest BCUT2D eigenvalue weighted by Crippen LogP contribution is -2.56. The third-order valence-corrected chi connectivity index (χ3v) is 4.56. The fraction of sp³-hybridized carbons (Fsp3) is 0.846. The Kier molecular flexibility index (Phi) is 2.13. The molecule has 0 radical (unpaired) electrons. The van der Waals surface area contributed by atoms with E-state index < -0.39 is 0 Å². The summed E-state index contributed by atoms with van der Waals surface area (Å²) in [5.41, 5.74) is -0.266. The Bertz CT molecular complexity index is 329. The molecule has 0 aromatic rings. The summed E-state index contributed by atoms with van der Waals surface area (Å²) >= 11 is 0. The lowest BCUT2D eigenvalue weighted by molar-refractivity contribution is -0.189. The first-order valence-corrected chi connectivity index (χ1v) is 6.37. The van der Waals surface area contributed by atoms with Crippen LogP contribution in [0.2, 0.25) is 0 Å². The summed E-state index contributed by atoms with van der Waals surface area (Å²) < 4.78 is 5.66. The molecule has 0 aromatic heterocycles. The highest BCUT2D eigenvalue weighted by atomic mass is 16.6. The predicted molar refractivity (Wildman–Crippen MR) is 57.7 cm³/mol. The number of rotatable bonds is 2. The zero-order valence-corrected chi connectivity index (χ0v) is 9.70. The third kappa shape index (κ3) is 1.40. The number of ketones is 1. The second-order valence-corrected chi connectivity index (χ2v) is 5.76. The zero-order valence-electron chi connectivity index (χ0n) is 9.70. The van der Waals surface area contributed by atoms with E-state index in [0.29, 0.717) is 18.1 Å². The molecule has 0 spiro atoms. The molecule has 0 heterocycles. The number of ether oxygens (including phenoxy) is 1. The molecule has 16 heavy (non-hydrogen) atoms. The van der Waals surface area contributed by atoms with Crippen LogP contribution in [-0.4, -0.2) is 17.4 Å². The lowest BCUT2D eigenvalue weighted by atomic mass is 9.53. The maximum Gasteiger partial charge on any atom is 0.306 e. The largest absolute Gasteiger partial charge is 0.459 e. The highest BCUT2D eigenvalue weighted by Crippen LogP contribution is 2.55. The molecule has 0 aromatic carbocycles. The molecule has 2 unspecified atom stereocenters. The Labute approximate surface area is 95.5 Å². The monoisotopic (exact) mass is 222 g/mol. The minimum Gasteiger partial charge on any atom is -0.459 e. The van der Waals surface area contributed by atoms with Crippen LogP contribution >= 0.6 is 0 Å². The van der Waals surface area contributed by atoms with Crippen molar-refractivity contribution in [2.75, 3.05) is 0 Å². The molecular weight excluding hydrogens is 204 g/mol. The molecule has 3 heteroatoms. The number of esters is 1. The normalized spacial score (nSPS) is 44.8. The van der Waals surface area contributed by atoms with Gasteiger partial charge in [0.1, 0.15) is 11.4 Å². The summed E-state index contributed by atoms with van der Waals surface area (Å²) in [7, 11) is 0. The van der Waals surface area contributed by atoms with E-state index in [2.05, 4.69) is 0 Å². The fourth-order valence-electron chi connectivity index (χ4n) is 4.11. The first-order valence-electron chi connectivity index (χ1n) is 6.37. The summed E-state index contributed by atoms with van der Waals surface area (Å²) in [5, 5.41) is 0. The number of hydrogen-bond acceptors (Lipinski definition) is 3. The van der Waals surface area contributed by atoms with Gasteiger partial charge >= 0.3 is 5.97 Å². The molecule has 0 amide bonds. The van der Waals surface area contributed by atoms with Gasteiger partial charge < -0.3 is 4.74 Å². The summed E-state index contributed by atoms with van der Waals surface area (Å²) in [5.74, 6) is 1.35. The smallest absolute Gasteiger partial charge is 0.306 e. The first-order chi connectivity index (χ1) is 7.62. The van der Waals surface area contributed by atoms with Crippen LogP contribution in [0.3, 0.4) is 0 Å². The fourth-order valence-corrected chi connectivity index (χ4v) is 4.11. The molecule has 4 rings (SSSR count). The van der Waals surface area contributed by atoms with Gasteiger partial charge in [-0.25, -0.2) is 0 Å². The molecule has 4 saturated carbocycles. The van der Waals surface area contributed by atoms with Crippen molar-refractivity contribution >= 4 is 11.8 Å². The lowest BCUT2D eigenvalue weighted by Gasteiger charge is -2.54. The van der Waals surface area contributed by atoms with Gasteiger partial charge in [-0.05, 0) is 38.0 Å². The number of hydrogen-bond donors (Lipinski definition) is 0. The van der Waals surface area contributed by atoms with E-state index in [4.69, 9.17) is 4.74 Å². The van der Waals surface area contributed by atoms with Crippen molar-refractivity contribution in [3.8, 4) is 0 Å². The van der Waals surface area contributed by atoms with Gasteiger partial charge in [0.15, 0.2) is 0 Å². The van der Waals surface area contributed by atoms with Crippen molar-refractivity contribution in [3.05, 3.63) is 0 Å². The van der Waals surface area contributed by atoms with Gasteiger partial charge in [0.2, 0.25) is 0 Å². The minimum absolute atomic E-state index is 0.102. The van der Waals surface area contributed by atoms with E-state index >= 15 is 0 Å². The van der Waals surface area contributed by atoms with Crippen LogP contribution in [0.1, 0.15) is 45.4 Å². The molecule has 0 aliphatic heterocycles. The van der Waals surface area contributed by atoms with E-state index in [-0.39, 0.29) is 23.4 Å². The molecule has 4 aliphatic carbocycles. The Morgan fingerprint density at radius 1 is 1.31 bits per heavy atom. The van der Waals surface area contributed by atoms with E-state index in [1.807, 2.05) is 6.92 Å². The summed E-state index contributed by atoms with van der Waals surface area (Å²) in [4.78, 5) is 23.4. The average molecular weight is 222 g/mol. The van der Waals surface area contributed by atoms with Crippen LogP contribution in [0.4, 0.5) is 0 Å². The Morgan fingerprint density at radius 3 is 2.50 bits per heavy atom.